The van der Waals surface area contributed by atoms with Gasteiger partial charge in [-0.3, -0.25) is 19.0 Å². The largest absolute Gasteiger partial charge is 0.503 e. The summed E-state index contributed by atoms with van der Waals surface area (Å²) in [6.07, 6.45) is 9.05. The lowest BCUT2D eigenvalue weighted by Gasteiger charge is -2.30. The molecule has 8 heteroatoms. The molecule has 32 heavy (non-hydrogen) atoms. The van der Waals surface area contributed by atoms with Gasteiger partial charge in [-0.2, -0.15) is 10.2 Å². The molecule has 168 valence electrons. The Morgan fingerprint density at radius 1 is 1.22 bits per heavy atom. The average molecular weight is 436 g/mol. The fraction of sp³-hybridized carbons (Fsp3) is 0.417. The van der Waals surface area contributed by atoms with Crippen LogP contribution in [0, 0.1) is 6.92 Å². The van der Waals surface area contributed by atoms with Crippen LogP contribution in [0.5, 0.6) is 5.75 Å². The van der Waals surface area contributed by atoms with Crippen LogP contribution >= 0.6 is 0 Å². The molecule has 0 unspecified atom stereocenters. The fourth-order valence-corrected chi connectivity index (χ4v) is 4.56. The maximum Gasteiger partial charge on any atom is 0.276 e. The van der Waals surface area contributed by atoms with Crippen molar-refractivity contribution in [3.8, 4) is 5.75 Å². The molecule has 2 N–H and O–H groups in total. The van der Waals surface area contributed by atoms with E-state index in [2.05, 4.69) is 46.7 Å². The van der Waals surface area contributed by atoms with Crippen molar-refractivity contribution in [3.05, 3.63) is 75.5 Å². The normalized spacial score (nSPS) is 15.1. The number of benzene rings is 1. The van der Waals surface area contributed by atoms with Crippen molar-refractivity contribution in [1.29, 1.82) is 0 Å². The maximum absolute atomic E-state index is 12.7. The van der Waals surface area contributed by atoms with E-state index in [9.17, 15) is 14.7 Å². The van der Waals surface area contributed by atoms with Crippen LogP contribution in [-0.2, 0) is 25.0 Å². The molecule has 0 spiro atoms. The summed E-state index contributed by atoms with van der Waals surface area (Å²) in [5, 5.41) is 21.5. The van der Waals surface area contributed by atoms with Gasteiger partial charge < -0.3 is 10.4 Å². The molecule has 0 bridgehead atoms. The Hall–Kier alpha value is -3.42. The minimum absolute atomic E-state index is 0.136. The predicted molar refractivity (Wildman–Crippen MR) is 121 cm³/mol. The van der Waals surface area contributed by atoms with Gasteiger partial charge in [-0.25, -0.2) is 0 Å². The quantitative estimate of drug-likeness (QED) is 0.594. The van der Waals surface area contributed by atoms with E-state index in [-0.39, 0.29) is 17.7 Å². The highest BCUT2D eigenvalue weighted by atomic mass is 16.3. The molecule has 3 aromatic rings. The molecule has 2 aromatic heterocycles. The van der Waals surface area contributed by atoms with Crippen molar-refractivity contribution < 1.29 is 9.90 Å². The van der Waals surface area contributed by atoms with Crippen LogP contribution in [0.2, 0.25) is 0 Å². The van der Waals surface area contributed by atoms with Gasteiger partial charge in [0.2, 0.25) is 0 Å². The molecule has 0 radical (unpaired) electrons. The molecular formula is C24H29N5O3. The molecule has 1 aliphatic rings. The third-order valence-electron chi connectivity index (χ3n) is 6.28. The monoisotopic (exact) mass is 435 g/mol. The topological polar surface area (TPSA) is 102 Å². The summed E-state index contributed by atoms with van der Waals surface area (Å²) in [6, 6.07) is 8.45. The first-order valence-corrected chi connectivity index (χ1v) is 11.1. The van der Waals surface area contributed by atoms with Gasteiger partial charge >= 0.3 is 0 Å². The Bertz CT molecular complexity index is 1170. The summed E-state index contributed by atoms with van der Waals surface area (Å²) in [5.41, 5.74) is 2.04. The Labute approximate surface area is 186 Å². The average Bonchev–Trinajstić information content (AvgIpc) is 3.44. The first-order chi connectivity index (χ1) is 15.4. The number of rotatable bonds is 7. The van der Waals surface area contributed by atoms with E-state index in [1.807, 2.05) is 13.1 Å². The molecule has 2 heterocycles. The van der Waals surface area contributed by atoms with Crippen LogP contribution in [0.15, 0.2) is 47.7 Å². The van der Waals surface area contributed by atoms with Gasteiger partial charge in [0, 0.05) is 30.3 Å². The van der Waals surface area contributed by atoms with Gasteiger partial charge in [-0.1, -0.05) is 42.7 Å². The molecule has 1 saturated carbocycles. The lowest BCUT2D eigenvalue weighted by Crippen LogP contribution is -2.34. The molecule has 1 amide bonds. The molecule has 4 rings (SSSR count). The zero-order valence-corrected chi connectivity index (χ0v) is 18.5. The maximum atomic E-state index is 12.7. The van der Waals surface area contributed by atoms with E-state index >= 15 is 0 Å². The number of hydrogen-bond donors (Lipinski definition) is 2. The Morgan fingerprint density at radius 3 is 2.69 bits per heavy atom. The summed E-state index contributed by atoms with van der Waals surface area (Å²) in [7, 11) is 0. The van der Waals surface area contributed by atoms with Crippen LogP contribution in [0.25, 0.3) is 0 Å². The molecule has 0 saturated heterocycles. The van der Waals surface area contributed by atoms with Gasteiger partial charge in [0.1, 0.15) is 0 Å². The highest BCUT2D eigenvalue weighted by Crippen LogP contribution is 2.42. The molecule has 8 nitrogen and oxygen atoms in total. The number of carbonyl (C=O) groups excluding carboxylic acids is 1. The van der Waals surface area contributed by atoms with Gasteiger partial charge in [0.25, 0.3) is 11.3 Å². The van der Waals surface area contributed by atoms with Gasteiger partial charge in [0.05, 0.1) is 18.9 Å². The van der Waals surface area contributed by atoms with Crippen molar-refractivity contribution in [3.63, 3.8) is 0 Å². The minimum atomic E-state index is -0.765. The summed E-state index contributed by atoms with van der Waals surface area (Å²) in [4.78, 5) is 25.2. The van der Waals surface area contributed by atoms with Gasteiger partial charge in [-0.15, -0.1) is 0 Å². The molecule has 1 fully saturated rings. The summed E-state index contributed by atoms with van der Waals surface area (Å²) < 4.78 is 3.31. The molecular weight excluding hydrogens is 406 g/mol. The second-order valence-electron chi connectivity index (χ2n) is 8.63. The van der Waals surface area contributed by atoms with Crippen LogP contribution in [0.1, 0.15) is 59.8 Å². The zero-order chi connectivity index (χ0) is 22.7. The van der Waals surface area contributed by atoms with E-state index in [1.165, 1.54) is 17.3 Å². The standard InChI is InChI=1S/C24H29N5O3/c1-3-28-14-18(13-26-28)12-25-23(32)21-22(31)20(30)15-29(27-21)16-24(9-4-5-10-24)19-8-6-7-17(2)11-19/h6-8,11,13-15,30H,3-5,9-10,12,16H2,1-2H3,(H,25,32). The third-order valence-corrected chi connectivity index (χ3v) is 6.28. The Kier molecular flexibility index (Phi) is 6.12. The van der Waals surface area contributed by atoms with Gasteiger partial charge in [0.15, 0.2) is 11.4 Å². The zero-order valence-electron chi connectivity index (χ0n) is 18.5. The van der Waals surface area contributed by atoms with E-state index in [4.69, 9.17) is 0 Å². The Balaban J connectivity index is 1.58. The lowest BCUT2D eigenvalue weighted by molar-refractivity contribution is 0.0940. The fourth-order valence-electron chi connectivity index (χ4n) is 4.56. The lowest BCUT2D eigenvalue weighted by atomic mass is 9.78. The second kappa shape index (κ2) is 8.98. The van der Waals surface area contributed by atoms with Crippen molar-refractivity contribution in [2.75, 3.05) is 0 Å². The summed E-state index contributed by atoms with van der Waals surface area (Å²) in [5.74, 6) is -1.08. The summed E-state index contributed by atoms with van der Waals surface area (Å²) >= 11 is 0. The first-order valence-electron chi connectivity index (χ1n) is 11.1. The van der Waals surface area contributed by atoms with E-state index in [0.29, 0.717) is 6.54 Å². The number of aryl methyl sites for hydroxylation is 2. The predicted octanol–water partition coefficient (Wildman–Crippen LogP) is 2.92. The van der Waals surface area contributed by atoms with Crippen LogP contribution < -0.4 is 10.7 Å². The highest BCUT2D eigenvalue weighted by molar-refractivity contribution is 5.92. The smallest absolute Gasteiger partial charge is 0.276 e. The van der Waals surface area contributed by atoms with Crippen molar-refractivity contribution >= 4 is 5.91 Å². The number of carbonyl (C=O) groups is 1. The number of hydrogen-bond acceptors (Lipinski definition) is 5. The van der Waals surface area contributed by atoms with Crippen LogP contribution in [0.4, 0.5) is 0 Å². The number of nitrogens with zero attached hydrogens (tertiary/aromatic N) is 4. The Morgan fingerprint density at radius 2 is 2.00 bits per heavy atom. The number of nitrogens with one attached hydrogen (secondary N) is 1. The van der Waals surface area contributed by atoms with Crippen LogP contribution in [0.3, 0.4) is 0 Å². The molecule has 0 aliphatic heterocycles. The second-order valence-corrected chi connectivity index (χ2v) is 8.63. The molecule has 1 aliphatic carbocycles. The van der Waals surface area contributed by atoms with E-state index < -0.39 is 17.1 Å². The van der Waals surface area contributed by atoms with E-state index in [0.717, 1.165) is 37.8 Å². The first kappa shape index (κ1) is 21.8. The van der Waals surface area contributed by atoms with Crippen molar-refractivity contribution in [1.82, 2.24) is 24.9 Å². The molecule has 1 aromatic carbocycles. The SMILES string of the molecule is CCn1cc(CNC(=O)c2nn(CC3(c4cccc(C)c4)CCCC3)cc(O)c2=O)cn1. The van der Waals surface area contributed by atoms with Crippen molar-refractivity contribution in [2.45, 2.75) is 64.6 Å². The highest BCUT2D eigenvalue weighted by Gasteiger charge is 2.36. The minimum Gasteiger partial charge on any atom is -0.503 e. The number of aromatic nitrogens is 4. The number of aromatic hydroxyl groups is 1. The third kappa shape index (κ3) is 4.44. The van der Waals surface area contributed by atoms with Crippen molar-refractivity contribution in [2.24, 2.45) is 0 Å². The molecule has 0 atom stereocenters. The van der Waals surface area contributed by atoms with Crippen LogP contribution in [-0.4, -0.2) is 30.6 Å². The van der Waals surface area contributed by atoms with Gasteiger partial charge in [-0.05, 0) is 32.3 Å². The number of amides is 1. The van der Waals surface area contributed by atoms with E-state index in [1.54, 1.807) is 15.6 Å². The summed E-state index contributed by atoms with van der Waals surface area (Å²) in [6.45, 7) is 5.50.